The smallest absolute Gasteiger partial charge is 0.220 e. The summed E-state index contributed by atoms with van der Waals surface area (Å²) < 4.78 is 0. The molecule has 0 radical (unpaired) electrons. The normalized spacial score (nSPS) is 31.7. The van der Waals surface area contributed by atoms with Gasteiger partial charge in [-0.2, -0.15) is 0 Å². The molecule has 0 heterocycles. The molecule has 0 aromatic heterocycles. The first kappa shape index (κ1) is 12.5. The van der Waals surface area contributed by atoms with Gasteiger partial charge in [-0.05, 0) is 38.5 Å². The molecule has 15 heavy (non-hydrogen) atoms. The van der Waals surface area contributed by atoms with E-state index in [-0.39, 0.29) is 11.4 Å². The molecular weight excluding hydrogens is 188 g/mol. The standard InChI is InChI=1S/C12H24N2O/c1-9(2)8-11(15)14-12(3)6-4-10(13)5-7-12/h9-10H,4-8,13H2,1-3H3,(H,14,15). The molecule has 1 fully saturated rings. The number of hydrogen-bond acceptors (Lipinski definition) is 2. The lowest BCUT2D eigenvalue weighted by Gasteiger charge is -2.37. The van der Waals surface area contributed by atoms with Gasteiger partial charge in [-0.1, -0.05) is 13.8 Å². The van der Waals surface area contributed by atoms with Crippen LogP contribution in [0, 0.1) is 5.92 Å². The van der Waals surface area contributed by atoms with E-state index in [4.69, 9.17) is 5.73 Å². The lowest BCUT2D eigenvalue weighted by atomic mass is 9.81. The van der Waals surface area contributed by atoms with Crippen LogP contribution in [-0.4, -0.2) is 17.5 Å². The minimum atomic E-state index is -0.0121. The average Bonchev–Trinajstić information content (AvgIpc) is 2.09. The van der Waals surface area contributed by atoms with Gasteiger partial charge in [0.15, 0.2) is 0 Å². The molecule has 1 saturated carbocycles. The van der Waals surface area contributed by atoms with E-state index in [2.05, 4.69) is 26.1 Å². The van der Waals surface area contributed by atoms with Gasteiger partial charge in [0, 0.05) is 18.0 Å². The van der Waals surface area contributed by atoms with Gasteiger partial charge in [0.05, 0.1) is 0 Å². The van der Waals surface area contributed by atoms with Crippen molar-refractivity contribution in [3.8, 4) is 0 Å². The fourth-order valence-electron chi connectivity index (χ4n) is 2.16. The van der Waals surface area contributed by atoms with Gasteiger partial charge in [0.1, 0.15) is 0 Å². The average molecular weight is 212 g/mol. The number of nitrogens with two attached hydrogens (primary N) is 1. The Morgan fingerprint density at radius 2 is 2.00 bits per heavy atom. The van der Waals surface area contributed by atoms with Crippen LogP contribution >= 0.6 is 0 Å². The highest BCUT2D eigenvalue weighted by Crippen LogP contribution is 2.27. The Morgan fingerprint density at radius 1 is 1.47 bits per heavy atom. The Kier molecular flexibility index (Phi) is 4.14. The number of carbonyl (C=O) groups is 1. The second kappa shape index (κ2) is 4.97. The molecule has 0 spiro atoms. The van der Waals surface area contributed by atoms with E-state index in [9.17, 15) is 4.79 Å². The van der Waals surface area contributed by atoms with Crippen molar-refractivity contribution in [1.29, 1.82) is 0 Å². The maximum atomic E-state index is 11.7. The van der Waals surface area contributed by atoms with Gasteiger partial charge < -0.3 is 11.1 Å². The molecule has 0 atom stereocenters. The molecule has 1 aliphatic carbocycles. The van der Waals surface area contributed by atoms with E-state index in [0.29, 0.717) is 18.4 Å². The van der Waals surface area contributed by atoms with Crippen LogP contribution in [0.15, 0.2) is 0 Å². The van der Waals surface area contributed by atoms with Crippen molar-refractivity contribution in [2.24, 2.45) is 11.7 Å². The molecule has 1 amide bonds. The quantitative estimate of drug-likeness (QED) is 0.749. The second-order valence-corrected chi connectivity index (χ2v) is 5.54. The lowest BCUT2D eigenvalue weighted by molar-refractivity contribution is -0.124. The predicted molar refractivity (Wildman–Crippen MR) is 62.4 cm³/mol. The van der Waals surface area contributed by atoms with E-state index < -0.39 is 0 Å². The van der Waals surface area contributed by atoms with E-state index in [1.165, 1.54) is 0 Å². The van der Waals surface area contributed by atoms with E-state index >= 15 is 0 Å². The first-order chi connectivity index (χ1) is 6.91. The molecule has 0 saturated heterocycles. The molecule has 88 valence electrons. The van der Waals surface area contributed by atoms with Gasteiger partial charge in [-0.25, -0.2) is 0 Å². The summed E-state index contributed by atoms with van der Waals surface area (Å²) in [6, 6.07) is 0.333. The Morgan fingerprint density at radius 3 is 2.47 bits per heavy atom. The van der Waals surface area contributed by atoms with Crippen LogP contribution in [0.4, 0.5) is 0 Å². The number of amides is 1. The topological polar surface area (TPSA) is 55.1 Å². The summed E-state index contributed by atoms with van der Waals surface area (Å²) >= 11 is 0. The number of carbonyl (C=O) groups excluding carboxylic acids is 1. The molecule has 3 nitrogen and oxygen atoms in total. The minimum absolute atomic E-state index is 0.0121. The largest absolute Gasteiger partial charge is 0.351 e. The molecule has 1 rings (SSSR count). The van der Waals surface area contributed by atoms with Crippen molar-refractivity contribution >= 4 is 5.91 Å². The van der Waals surface area contributed by atoms with Crippen molar-refractivity contribution in [3.63, 3.8) is 0 Å². The Labute approximate surface area is 92.8 Å². The summed E-state index contributed by atoms with van der Waals surface area (Å²) in [4.78, 5) is 11.7. The molecule has 3 heteroatoms. The minimum Gasteiger partial charge on any atom is -0.351 e. The van der Waals surface area contributed by atoms with Crippen LogP contribution < -0.4 is 11.1 Å². The first-order valence-electron chi connectivity index (χ1n) is 5.98. The van der Waals surface area contributed by atoms with Crippen molar-refractivity contribution in [2.45, 2.75) is 64.5 Å². The zero-order valence-corrected chi connectivity index (χ0v) is 10.2. The number of nitrogens with one attached hydrogen (secondary N) is 1. The maximum Gasteiger partial charge on any atom is 0.220 e. The van der Waals surface area contributed by atoms with Crippen LogP contribution in [0.1, 0.15) is 52.9 Å². The van der Waals surface area contributed by atoms with Crippen molar-refractivity contribution in [3.05, 3.63) is 0 Å². The lowest BCUT2D eigenvalue weighted by Crippen LogP contribution is -2.50. The van der Waals surface area contributed by atoms with Crippen molar-refractivity contribution in [1.82, 2.24) is 5.32 Å². The van der Waals surface area contributed by atoms with Gasteiger partial charge >= 0.3 is 0 Å². The molecule has 0 unspecified atom stereocenters. The molecular formula is C12H24N2O. The molecule has 3 N–H and O–H groups in total. The number of rotatable bonds is 3. The summed E-state index contributed by atoms with van der Waals surface area (Å²) in [7, 11) is 0. The Bertz CT molecular complexity index is 218. The molecule has 0 aliphatic heterocycles. The van der Waals surface area contributed by atoms with Crippen LogP contribution in [0.25, 0.3) is 0 Å². The van der Waals surface area contributed by atoms with E-state index in [0.717, 1.165) is 25.7 Å². The fourth-order valence-corrected chi connectivity index (χ4v) is 2.16. The van der Waals surface area contributed by atoms with Crippen molar-refractivity contribution in [2.75, 3.05) is 0 Å². The van der Waals surface area contributed by atoms with Gasteiger partial charge in [0.2, 0.25) is 5.91 Å². The summed E-state index contributed by atoms with van der Waals surface area (Å²) in [5.74, 6) is 0.613. The summed E-state index contributed by atoms with van der Waals surface area (Å²) in [6.45, 7) is 6.27. The monoisotopic (exact) mass is 212 g/mol. The van der Waals surface area contributed by atoms with Gasteiger partial charge in [-0.3, -0.25) is 4.79 Å². The van der Waals surface area contributed by atoms with Crippen LogP contribution in [0.5, 0.6) is 0 Å². The van der Waals surface area contributed by atoms with Crippen LogP contribution in [-0.2, 0) is 4.79 Å². The SMILES string of the molecule is CC(C)CC(=O)NC1(C)CCC(N)CC1. The summed E-state index contributed by atoms with van der Waals surface area (Å²) in [5, 5.41) is 3.15. The predicted octanol–water partition coefficient (Wildman–Crippen LogP) is 1.81. The highest BCUT2D eigenvalue weighted by molar-refractivity contribution is 5.76. The highest BCUT2D eigenvalue weighted by atomic mass is 16.1. The zero-order chi connectivity index (χ0) is 11.5. The van der Waals surface area contributed by atoms with E-state index in [1.54, 1.807) is 0 Å². The molecule has 0 aromatic rings. The zero-order valence-electron chi connectivity index (χ0n) is 10.2. The third-order valence-electron chi connectivity index (χ3n) is 3.17. The number of hydrogen-bond donors (Lipinski definition) is 2. The van der Waals surface area contributed by atoms with Crippen LogP contribution in [0.2, 0.25) is 0 Å². The highest BCUT2D eigenvalue weighted by Gasteiger charge is 2.30. The second-order valence-electron chi connectivity index (χ2n) is 5.54. The fraction of sp³-hybridized carbons (Fsp3) is 0.917. The third-order valence-corrected chi connectivity index (χ3v) is 3.17. The van der Waals surface area contributed by atoms with Gasteiger partial charge in [-0.15, -0.1) is 0 Å². The molecule has 0 aromatic carbocycles. The van der Waals surface area contributed by atoms with E-state index in [1.807, 2.05) is 0 Å². The maximum absolute atomic E-state index is 11.7. The Hall–Kier alpha value is -0.570. The first-order valence-corrected chi connectivity index (χ1v) is 5.98. The summed E-state index contributed by atoms with van der Waals surface area (Å²) in [5.41, 5.74) is 5.84. The van der Waals surface area contributed by atoms with Crippen molar-refractivity contribution < 1.29 is 4.79 Å². The van der Waals surface area contributed by atoms with Gasteiger partial charge in [0.25, 0.3) is 0 Å². The summed E-state index contributed by atoms with van der Waals surface area (Å²) in [6.07, 6.45) is 4.70. The molecule has 0 bridgehead atoms. The molecule has 1 aliphatic rings. The Balaban J connectivity index is 2.39. The third kappa shape index (κ3) is 4.20. The van der Waals surface area contributed by atoms with Crippen LogP contribution in [0.3, 0.4) is 0 Å².